The predicted octanol–water partition coefficient (Wildman–Crippen LogP) is 4.69. The van der Waals surface area contributed by atoms with Gasteiger partial charge >= 0.3 is 0 Å². The number of hydrogen-bond acceptors (Lipinski definition) is 2. The van der Waals surface area contributed by atoms with E-state index in [1.165, 1.54) is 31.2 Å². The number of nitrogens with one attached hydrogen (secondary N) is 1. The van der Waals surface area contributed by atoms with Crippen LogP contribution in [0.5, 0.6) is 5.75 Å². The van der Waals surface area contributed by atoms with Crippen molar-refractivity contribution in [2.45, 2.75) is 51.7 Å². The number of rotatable bonds is 4. The third-order valence-corrected chi connectivity index (χ3v) is 4.62. The maximum absolute atomic E-state index is 6.27. The van der Waals surface area contributed by atoms with Gasteiger partial charge < -0.3 is 10.1 Å². The van der Waals surface area contributed by atoms with Gasteiger partial charge in [-0.05, 0) is 57.7 Å². The first-order chi connectivity index (χ1) is 9.10. The topological polar surface area (TPSA) is 21.3 Å². The highest BCUT2D eigenvalue weighted by atomic mass is 79.9. The second-order valence-electron chi connectivity index (χ2n) is 5.69. The number of hydrogen-bond donors (Lipinski definition) is 1. The summed E-state index contributed by atoms with van der Waals surface area (Å²) in [5, 5.41) is 3.29. The molecule has 1 fully saturated rings. The van der Waals surface area contributed by atoms with Gasteiger partial charge in [0.25, 0.3) is 0 Å². The molecule has 3 heteroatoms. The van der Waals surface area contributed by atoms with Gasteiger partial charge in [-0.25, -0.2) is 0 Å². The van der Waals surface area contributed by atoms with Crippen LogP contribution < -0.4 is 10.1 Å². The van der Waals surface area contributed by atoms with Crippen LogP contribution in [-0.4, -0.2) is 13.2 Å². The molecule has 1 unspecified atom stereocenters. The van der Waals surface area contributed by atoms with Crippen molar-refractivity contribution < 1.29 is 4.74 Å². The standard InChI is InChI=1S/C16H24BrNO/c1-11-4-7-14(8-5-11)19-16-10-13(17)6-9-15(16)12(2)18-3/h6,9-12,14,18H,4-5,7-8H2,1-3H3. The Labute approximate surface area is 125 Å². The van der Waals surface area contributed by atoms with Crippen molar-refractivity contribution in [1.82, 2.24) is 5.32 Å². The monoisotopic (exact) mass is 325 g/mol. The lowest BCUT2D eigenvalue weighted by Gasteiger charge is -2.28. The van der Waals surface area contributed by atoms with Crippen molar-refractivity contribution in [3.8, 4) is 5.75 Å². The summed E-state index contributed by atoms with van der Waals surface area (Å²) in [4.78, 5) is 0. The van der Waals surface area contributed by atoms with Crippen LogP contribution in [0.25, 0.3) is 0 Å². The lowest BCUT2D eigenvalue weighted by atomic mass is 9.89. The molecule has 1 aromatic rings. The summed E-state index contributed by atoms with van der Waals surface area (Å²) in [6.45, 7) is 4.50. The van der Waals surface area contributed by atoms with Crippen LogP contribution in [0.3, 0.4) is 0 Å². The van der Waals surface area contributed by atoms with E-state index in [-0.39, 0.29) is 0 Å². The number of halogens is 1. The molecular weight excluding hydrogens is 302 g/mol. The van der Waals surface area contributed by atoms with Crippen LogP contribution in [-0.2, 0) is 0 Å². The Morgan fingerprint density at radius 3 is 2.58 bits per heavy atom. The van der Waals surface area contributed by atoms with Crippen LogP contribution in [0, 0.1) is 5.92 Å². The fourth-order valence-electron chi connectivity index (χ4n) is 2.65. The molecule has 1 atom stereocenters. The molecule has 0 aromatic heterocycles. The molecule has 106 valence electrons. The molecule has 0 radical (unpaired) electrons. The molecule has 19 heavy (non-hydrogen) atoms. The minimum Gasteiger partial charge on any atom is -0.490 e. The Hall–Kier alpha value is -0.540. The lowest BCUT2D eigenvalue weighted by molar-refractivity contribution is 0.133. The van der Waals surface area contributed by atoms with Crippen molar-refractivity contribution in [1.29, 1.82) is 0 Å². The predicted molar refractivity (Wildman–Crippen MR) is 83.7 cm³/mol. The smallest absolute Gasteiger partial charge is 0.125 e. The Bertz CT molecular complexity index is 413. The quantitative estimate of drug-likeness (QED) is 0.867. The van der Waals surface area contributed by atoms with Crippen LogP contribution >= 0.6 is 15.9 Å². The van der Waals surface area contributed by atoms with E-state index in [1.807, 2.05) is 7.05 Å². The normalized spacial score (nSPS) is 25.1. The second-order valence-corrected chi connectivity index (χ2v) is 6.61. The third-order valence-electron chi connectivity index (χ3n) is 4.13. The average molecular weight is 326 g/mol. The van der Waals surface area contributed by atoms with E-state index in [0.717, 1.165) is 16.1 Å². The maximum Gasteiger partial charge on any atom is 0.125 e. The van der Waals surface area contributed by atoms with E-state index in [4.69, 9.17) is 4.74 Å². The first kappa shape index (κ1) is 14.9. The highest BCUT2D eigenvalue weighted by molar-refractivity contribution is 9.10. The van der Waals surface area contributed by atoms with Gasteiger partial charge in [-0.2, -0.15) is 0 Å². The van der Waals surface area contributed by atoms with Crippen LogP contribution in [0.4, 0.5) is 0 Å². The van der Waals surface area contributed by atoms with Gasteiger partial charge in [0, 0.05) is 16.1 Å². The molecule has 0 spiro atoms. The van der Waals surface area contributed by atoms with Crippen LogP contribution in [0.1, 0.15) is 51.1 Å². The summed E-state index contributed by atoms with van der Waals surface area (Å²) >= 11 is 3.54. The zero-order chi connectivity index (χ0) is 13.8. The van der Waals surface area contributed by atoms with Gasteiger partial charge in [0.2, 0.25) is 0 Å². The van der Waals surface area contributed by atoms with E-state index in [9.17, 15) is 0 Å². The fourth-order valence-corrected chi connectivity index (χ4v) is 2.99. The van der Waals surface area contributed by atoms with E-state index >= 15 is 0 Å². The molecule has 1 aliphatic rings. The maximum atomic E-state index is 6.27. The number of benzene rings is 1. The largest absolute Gasteiger partial charge is 0.490 e. The molecule has 2 rings (SSSR count). The molecule has 0 aliphatic heterocycles. The van der Waals surface area contributed by atoms with Gasteiger partial charge in [-0.15, -0.1) is 0 Å². The summed E-state index contributed by atoms with van der Waals surface area (Å²) in [6, 6.07) is 6.64. The minimum atomic E-state index is 0.311. The molecule has 1 saturated carbocycles. The lowest BCUT2D eigenvalue weighted by Crippen LogP contribution is -2.24. The minimum absolute atomic E-state index is 0.311. The van der Waals surface area contributed by atoms with Gasteiger partial charge in [-0.3, -0.25) is 0 Å². The second kappa shape index (κ2) is 6.76. The first-order valence-corrected chi connectivity index (χ1v) is 8.02. The zero-order valence-electron chi connectivity index (χ0n) is 12.1. The summed E-state index contributed by atoms with van der Waals surface area (Å²) < 4.78 is 7.35. The van der Waals surface area contributed by atoms with E-state index in [0.29, 0.717) is 12.1 Å². The highest BCUT2D eigenvalue weighted by Crippen LogP contribution is 2.33. The molecule has 0 saturated heterocycles. The third kappa shape index (κ3) is 3.96. The summed E-state index contributed by atoms with van der Waals surface area (Å²) in [7, 11) is 1.98. The fraction of sp³-hybridized carbons (Fsp3) is 0.625. The van der Waals surface area contributed by atoms with Crippen molar-refractivity contribution in [2.24, 2.45) is 5.92 Å². The summed E-state index contributed by atoms with van der Waals surface area (Å²) in [5.74, 6) is 1.88. The van der Waals surface area contributed by atoms with Crippen molar-refractivity contribution in [3.63, 3.8) is 0 Å². The molecule has 0 amide bonds. The van der Waals surface area contributed by atoms with Crippen molar-refractivity contribution >= 4 is 15.9 Å². The van der Waals surface area contributed by atoms with E-state index in [1.54, 1.807) is 0 Å². The SMILES string of the molecule is CNC(C)c1ccc(Br)cc1OC1CCC(C)CC1. The van der Waals surface area contributed by atoms with Crippen molar-refractivity contribution in [3.05, 3.63) is 28.2 Å². The molecule has 2 nitrogen and oxygen atoms in total. The highest BCUT2D eigenvalue weighted by Gasteiger charge is 2.21. The Morgan fingerprint density at radius 2 is 1.95 bits per heavy atom. The summed E-state index contributed by atoms with van der Waals surface area (Å²) in [6.07, 6.45) is 5.32. The number of ether oxygens (including phenoxy) is 1. The van der Waals surface area contributed by atoms with Crippen LogP contribution in [0.2, 0.25) is 0 Å². The molecule has 1 aromatic carbocycles. The Morgan fingerprint density at radius 1 is 1.26 bits per heavy atom. The first-order valence-electron chi connectivity index (χ1n) is 7.23. The summed E-state index contributed by atoms with van der Waals surface area (Å²) in [5.41, 5.74) is 1.24. The Balaban J connectivity index is 2.11. The van der Waals surface area contributed by atoms with E-state index < -0.39 is 0 Å². The van der Waals surface area contributed by atoms with Gasteiger partial charge in [0.15, 0.2) is 0 Å². The molecule has 1 N–H and O–H groups in total. The van der Waals surface area contributed by atoms with E-state index in [2.05, 4.69) is 53.3 Å². The molecule has 1 aliphatic carbocycles. The average Bonchev–Trinajstić information content (AvgIpc) is 2.41. The van der Waals surface area contributed by atoms with Gasteiger partial charge in [0.05, 0.1) is 6.10 Å². The van der Waals surface area contributed by atoms with Crippen LogP contribution in [0.15, 0.2) is 22.7 Å². The van der Waals surface area contributed by atoms with Gasteiger partial charge in [0.1, 0.15) is 5.75 Å². The van der Waals surface area contributed by atoms with Gasteiger partial charge in [-0.1, -0.05) is 28.9 Å². The molecular formula is C16H24BrNO. The van der Waals surface area contributed by atoms with Crippen molar-refractivity contribution in [2.75, 3.05) is 7.05 Å². The molecule has 0 heterocycles. The molecule has 0 bridgehead atoms. The zero-order valence-corrected chi connectivity index (χ0v) is 13.7. The Kier molecular flexibility index (Phi) is 5.28.